The first-order valence-corrected chi connectivity index (χ1v) is 7.20. The van der Waals surface area contributed by atoms with Crippen molar-refractivity contribution in [2.45, 2.75) is 19.4 Å². The highest BCUT2D eigenvalue weighted by Crippen LogP contribution is 2.22. The van der Waals surface area contributed by atoms with Gasteiger partial charge in [0.05, 0.1) is 0 Å². The number of rotatable bonds is 2. The lowest BCUT2D eigenvalue weighted by Crippen LogP contribution is -2.59. The standard InChI is InChI=1S/C13H12BrClN2O3/c1-2-10-12(19)16-11(18)6-17(10)13(20)7-3-8(14)5-9(15)4-7/h3-5,10H,2,6H2,1H3,(H,16,18,19). The van der Waals surface area contributed by atoms with Crippen LogP contribution in [-0.4, -0.2) is 35.2 Å². The largest absolute Gasteiger partial charge is 0.317 e. The van der Waals surface area contributed by atoms with Gasteiger partial charge in [0.2, 0.25) is 11.8 Å². The fraction of sp³-hybridized carbons (Fsp3) is 0.308. The molecule has 106 valence electrons. The van der Waals surface area contributed by atoms with E-state index in [4.69, 9.17) is 11.6 Å². The van der Waals surface area contributed by atoms with Crippen LogP contribution in [0.1, 0.15) is 23.7 Å². The van der Waals surface area contributed by atoms with Gasteiger partial charge in [0.1, 0.15) is 12.6 Å². The summed E-state index contributed by atoms with van der Waals surface area (Å²) in [4.78, 5) is 37.0. The molecule has 0 radical (unpaired) electrons. The van der Waals surface area contributed by atoms with E-state index in [1.54, 1.807) is 19.1 Å². The summed E-state index contributed by atoms with van der Waals surface area (Å²) in [6.45, 7) is 1.65. The molecule has 1 fully saturated rings. The van der Waals surface area contributed by atoms with Crippen molar-refractivity contribution in [2.75, 3.05) is 6.54 Å². The van der Waals surface area contributed by atoms with Crippen LogP contribution in [0.25, 0.3) is 0 Å². The second-order valence-electron chi connectivity index (χ2n) is 4.43. The molecule has 0 aromatic heterocycles. The molecule has 7 heteroatoms. The van der Waals surface area contributed by atoms with Crippen molar-refractivity contribution in [1.82, 2.24) is 10.2 Å². The van der Waals surface area contributed by atoms with Crippen LogP contribution in [0.4, 0.5) is 0 Å². The fourth-order valence-corrected chi connectivity index (χ4v) is 2.99. The molecule has 1 heterocycles. The third-order valence-corrected chi connectivity index (χ3v) is 3.69. The summed E-state index contributed by atoms with van der Waals surface area (Å²) < 4.78 is 0.661. The summed E-state index contributed by atoms with van der Waals surface area (Å²) in [5.41, 5.74) is 0.338. The van der Waals surface area contributed by atoms with E-state index in [1.807, 2.05) is 0 Å². The Morgan fingerprint density at radius 1 is 1.45 bits per heavy atom. The summed E-state index contributed by atoms with van der Waals surface area (Å²) in [7, 11) is 0. The Morgan fingerprint density at radius 2 is 2.15 bits per heavy atom. The molecule has 2 rings (SSSR count). The van der Waals surface area contributed by atoms with Gasteiger partial charge in [0, 0.05) is 15.1 Å². The van der Waals surface area contributed by atoms with E-state index in [0.717, 1.165) is 0 Å². The molecule has 0 saturated carbocycles. The first-order valence-electron chi connectivity index (χ1n) is 6.03. The van der Waals surface area contributed by atoms with E-state index in [1.165, 1.54) is 11.0 Å². The minimum atomic E-state index is -0.641. The summed E-state index contributed by atoms with van der Waals surface area (Å²) in [6.07, 6.45) is 0.437. The van der Waals surface area contributed by atoms with E-state index in [-0.39, 0.29) is 12.5 Å². The smallest absolute Gasteiger partial charge is 0.255 e. The molecule has 1 saturated heterocycles. The first-order chi connectivity index (χ1) is 9.42. The Hall–Kier alpha value is -1.40. The molecule has 1 aliphatic heterocycles. The van der Waals surface area contributed by atoms with Crippen LogP contribution < -0.4 is 5.32 Å². The van der Waals surface area contributed by atoms with Crippen molar-refractivity contribution in [2.24, 2.45) is 0 Å². The highest BCUT2D eigenvalue weighted by Gasteiger charge is 2.35. The van der Waals surface area contributed by atoms with Crippen LogP contribution in [0.3, 0.4) is 0 Å². The molecular weight excluding hydrogens is 348 g/mol. The number of amides is 3. The molecule has 0 spiro atoms. The zero-order chi connectivity index (χ0) is 14.9. The van der Waals surface area contributed by atoms with Crippen molar-refractivity contribution in [1.29, 1.82) is 0 Å². The molecule has 1 aliphatic rings. The second kappa shape index (κ2) is 5.93. The fourth-order valence-electron chi connectivity index (χ4n) is 2.13. The predicted octanol–water partition coefficient (Wildman–Crippen LogP) is 1.98. The minimum Gasteiger partial charge on any atom is -0.317 e. The Balaban J connectivity index is 2.34. The van der Waals surface area contributed by atoms with Crippen LogP contribution in [0.5, 0.6) is 0 Å². The maximum Gasteiger partial charge on any atom is 0.255 e. The van der Waals surface area contributed by atoms with Gasteiger partial charge in [-0.25, -0.2) is 0 Å². The lowest BCUT2D eigenvalue weighted by Gasteiger charge is -2.33. The van der Waals surface area contributed by atoms with Crippen LogP contribution >= 0.6 is 27.5 Å². The van der Waals surface area contributed by atoms with Crippen LogP contribution in [0.2, 0.25) is 5.02 Å². The minimum absolute atomic E-state index is 0.132. The third-order valence-electron chi connectivity index (χ3n) is 3.01. The quantitative estimate of drug-likeness (QED) is 0.821. The zero-order valence-electron chi connectivity index (χ0n) is 10.7. The van der Waals surface area contributed by atoms with E-state index < -0.39 is 17.9 Å². The lowest BCUT2D eigenvalue weighted by molar-refractivity contribution is -0.138. The summed E-state index contributed by atoms with van der Waals surface area (Å²) in [5, 5.41) is 2.64. The van der Waals surface area contributed by atoms with E-state index in [0.29, 0.717) is 21.5 Å². The maximum absolute atomic E-state index is 12.5. The number of carbonyl (C=O) groups excluding carboxylic acids is 3. The third kappa shape index (κ3) is 3.02. The van der Waals surface area contributed by atoms with Crippen molar-refractivity contribution in [3.63, 3.8) is 0 Å². The van der Waals surface area contributed by atoms with Gasteiger partial charge in [0.25, 0.3) is 5.91 Å². The number of piperazine rings is 1. The average Bonchev–Trinajstić information content (AvgIpc) is 2.35. The number of nitrogens with one attached hydrogen (secondary N) is 1. The van der Waals surface area contributed by atoms with Crippen LogP contribution in [0.15, 0.2) is 22.7 Å². The Kier molecular flexibility index (Phi) is 4.45. The SMILES string of the molecule is CCC1C(=O)NC(=O)CN1C(=O)c1cc(Cl)cc(Br)c1. The van der Waals surface area contributed by atoms with Crippen LogP contribution in [-0.2, 0) is 9.59 Å². The Bertz CT molecular complexity index is 571. The van der Waals surface area contributed by atoms with Gasteiger partial charge < -0.3 is 4.90 Å². The van der Waals surface area contributed by atoms with Crippen molar-refractivity contribution in [3.8, 4) is 0 Å². The molecule has 0 bridgehead atoms. The molecule has 1 atom stereocenters. The van der Waals surface area contributed by atoms with Gasteiger partial charge in [-0.05, 0) is 24.6 Å². The number of imide groups is 1. The first kappa shape index (κ1) is 15.0. The van der Waals surface area contributed by atoms with Crippen molar-refractivity contribution in [3.05, 3.63) is 33.3 Å². The van der Waals surface area contributed by atoms with Gasteiger partial charge >= 0.3 is 0 Å². The number of hydrogen-bond donors (Lipinski definition) is 1. The molecule has 3 amide bonds. The molecule has 20 heavy (non-hydrogen) atoms. The van der Waals surface area contributed by atoms with Gasteiger partial charge in [0.15, 0.2) is 0 Å². The molecule has 1 N–H and O–H groups in total. The maximum atomic E-state index is 12.5. The van der Waals surface area contributed by atoms with Crippen LogP contribution in [0, 0.1) is 0 Å². The molecular formula is C13H12BrClN2O3. The molecule has 1 aromatic carbocycles. The zero-order valence-corrected chi connectivity index (χ0v) is 13.0. The van der Waals surface area contributed by atoms with Gasteiger partial charge in [-0.2, -0.15) is 0 Å². The second-order valence-corrected chi connectivity index (χ2v) is 5.78. The van der Waals surface area contributed by atoms with E-state index in [2.05, 4.69) is 21.2 Å². The van der Waals surface area contributed by atoms with Gasteiger partial charge in [-0.15, -0.1) is 0 Å². The molecule has 0 aliphatic carbocycles. The number of nitrogens with zero attached hydrogens (tertiary/aromatic N) is 1. The number of hydrogen-bond acceptors (Lipinski definition) is 3. The predicted molar refractivity (Wildman–Crippen MR) is 77.4 cm³/mol. The molecule has 1 aromatic rings. The topological polar surface area (TPSA) is 66.5 Å². The average molecular weight is 360 g/mol. The van der Waals surface area contributed by atoms with Crippen molar-refractivity contribution >= 4 is 45.3 Å². The normalized spacial score (nSPS) is 18.9. The van der Waals surface area contributed by atoms with Gasteiger partial charge in [-0.1, -0.05) is 34.5 Å². The van der Waals surface area contributed by atoms with E-state index in [9.17, 15) is 14.4 Å². The number of halogens is 2. The lowest BCUT2D eigenvalue weighted by atomic mass is 10.1. The highest BCUT2D eigenvalue weighted by molar-refractivity contribution is 9.10. The van der Waals surface area contributed by atoms with Crippen molar-refractivity contribution < 1.29 is 14.4 Å². The molecule has 1 unspecified atom stereocenters. The van der Waals surface area contributed by atoms with Gasteiger partial charge in [-0.3, -0.25) is 19.7 Å². The van der Waals surface area contributed by atoms with E-state index >= 15 is 0 Å². The Labute approximate surface area is 129 Å². The summed E-state index contributed by atoms with van der Waals surface area (Å²) >= 11 is 9.17. The summed E-state index contributed by atoms with van der Waals surface area (Å²) in [6, 6.07) is 4.14. The molecule has 5 nitrogen and oxygen atoms in total. The number of carbonyl (C=O) groups is 3. The highest BCUT2D eigenvalue weighted by atomic mass is 79.9. The Morgan fingerprint density at radius 3 is 2.75 bits per heavy atom. The number of benzene rings is 1. The summed E-state index contributed by atoms with van der Waals surface area (Å²) in [5.74, 6) is -1.31. The monoisotopic (exact) mass is 358 g/mol.